The zero-order chi connectivity index (χ0) is 24.9. The third-order valence-corrected chi connectivity index (χ3v) is 6.00. The van der Waals surface area contributed by atoms with Gasteiger partial charge >= 0.3 is 11.9 Å². The first-order chi connectivity index (χ1) is 16.3. The molecule has 1 aliphatic heterocycles. The molecule has 0 amide bonds. The number of carboxylic acids is 2. The third kappa shape index (κ3) is 12.9. The molecule has 0 saturated carbocycles. The number of carbonyl (C=O) groups is 2. The van der Waals surface area contributed by atoms with Crippen LogP contribution in [0.25, 0.3) is 0 Å². The van der Waals surface area contributed by atoms with E-state index >= 15 is 0 Å². The summed E-state index contributed by atoms with van der Waals surface area (Å²) < 4.78 is 0. The number of aromatic nitrogens is 1. The van der Waals surface area contributed by atoms with Gasteiger partial charge in [0.2, 0.25) is 0 Å². The summed E-state index contributed by atoms with van der Waals surface area (Å²) in [6.07, 6.45) is 0.640. The van der Waals surface area contributed by atoms with Gasteiger partial charge in [-0.2, -0.15) is 0 Å². The third-order valence-electron chi connectivity index (χ3n) is 5.74. The average molecular weight is 594 g/mol. The summed E-state index contributed by atoms with van der Waals surface area (Å²) in [6, 6.07) is 4.11. The maximum Gasteiger partial charge on any atom is 0.321 e. The number of rotatable bonds is 10. The van der Waals surface area contributed by atoms with Gasteiger partial charge in [-0.05, 0) is 56.5 Å². The van der Waals surface area contributed by atoms with E-state index in [4.69, 9.17) is 4.98 Å². The van der Waals surface area contributed by atoms with Crippen LogP contribution >= 0.6 is 24.4 Å². The van der Waals surface area contributed by atoms with Gasteiger partial charge in [0.05, 0.1) is 34.8 Å². The Balaban J connectivity index is 0. The second-order valence-corrected chi connectivity index (χ2v) is 8.46. The number of pyridine rings is 1. The van der Waals surface area contributed by atoms with E-state index in [1.165, 1.54) is 0 Å². The molecule has 37 heavy (non-hydrogen) atoms. The topological polar surface area (TPSA) is 122 Å². The van der Waals surface area contributed by atoms with Gasteiger partial charge < -0.3 is 15.1 Å². The summed E-state index contributed by atoms with van der Waals surface area (Å²) in [4.78, 5) is 42.4. The summed E-state index contributed by atoms with van der Waals surface area (Å²) in [5.74, 6) is -1.83. The number of aliphatic carboxylic acids is 2. The monoisotopic (exact) mass is 593 g/mol. The van der Waals surface area contributed by atoms with Gasteiger partial charge in [-0.15, -0.1) is 0 Å². The molecule has 2 bridgehead atoms. The molecule has 207 valence electrons. The number of isothiocyanates is 2. The van der Waals surface area contributed by atoms with E-state index in [1.807, 2.05) is 35.0 Å². The van der Waals surface area contributed by atoms with Crippen LogP contribution in [-0.2, 0) is 39.7 Å². The van der Waals surface area contributed by atoms with Crippen LogP contribution in [-0.4, -0.2) is 111 Å². The minimum Gasteiger partial charge on any atom is -0.480 e. The van der Waals surface area contributed by atoms with Gasteiger partial charge in [-0.3, -0.25) is 24.4 Å². The fraction of sp³-hybridized carbons (Fsp3) is 0.625. The van der Waals surface area contributed by atoms with Gasteiger partial charge in [0, 0.05) is 56.3 Å². The van der Waals surface area contributed by atoms with E-state index < -0.39 is 24.0 Å². The van der Waals surface area contributed by atoms with Crippen LogP contribution in [0.5, 0.6) is 0 Å². The van der Waals surface area contributed by atoms with Crippen molar-refractivity contribution in [3.63, 3.8) is 0 Å². The van der Waals surface area contributed by atoms with Crippen LogP contribution in [0, 0.1) is 0 Å². The predicted octanol–water partition coefficient (Wildman–Crippen LogP) is 2.79. The van der Waals surface area contributed by atoms with E-state index in [-0.39, 0.29) is 31.9 Å². The van der Waals surface area contributed by atoms with Crippen molar-refractivity contribution < 1.29 is 36.9 Å². The van der Waals surface area contributed by atoms with E-state index in [0.29, 0.717) is 65.2 Å². The molecule has 0 aromatic carbocycles. The second-order valence-electron chi connectivity index (χ2n) is 8.10. The number of nitrogens with zero attached hydrogens (tertiary/aromatic N) is 6. The molecule has 0 aliphatic carbocycles. The van der Waals surface area contributed by atoms with E-state index in [1.54, 1.807) is 0 Å². The van der Waals surface area contributed by atoms with E-state index in [2.05, 4.69) is 49.6 Å². The Hall–Kier alpha value is -1.91. The van der Waals surface area contributed by atoms with Crippen LogP contribution in [0.3, 0.4) is 0 Å². The maximum absolute atomic E-state index is 12.0. The van der Waals surface area contributed by atoms with Gasteiger partial charge in [0.25, 0.3) is 0 Å². The van der Waals surface area contributed by atoms with Crippen LogP contribution in [0.2, 0.25) is 0 Å². The van der Waals surface area contributed by atoms with Crippen LogP contribution in [0.15, 0.2) is 28.2 Å². The van der Waals surface area contributed by atoms with Crippen molar-refractivity contribution >= 4 is 46.7 Å². The number of hydrogen-bond donors (Lipinski definition) is 2. The van der Waals surface area contributed by atoms with Gasteiger partial charge in [0.1, 0.15) is 12.1 Å². The standard InChI is InChI=1S/C22H30N6O4S2.2CH4.Mn/c1-26-9-11-27(19(21(29)30)5-7-23-15-33)13-17-3-2-4-18(25-17)14-28(12-10-26)20(22(31)32)6-8-24-16-34;;;/h2-4,19-20H,5-14H2,1H3,(H,29,30)(H,31,32);2*1H4;. The number of hydrogen-bond acceptors (Lipinski definition) is 10. The molecular weight excluding hydrogens is 555 g/mol. The number of likely N-dealkylation sites (N-methyl/N-ethyl adjacent to an activating group) is 1. The number of thiocarbonyl (C=S) groups is 2. The first-order valence-corrected chi connectivity index (χ1v) is 11.8. The fourth-order valence-electron chi connectivity index (χ4n) is 3.91. The SMILES string of the molecule is C.C.CN1CCN(C(CCN=C=S)C(=O)O)Cc2cccc(n2)CN(C(CCN=C=S)C(=O)O)CC1.[Mn]. The van der Waals surface area contributed by atoms with Crippen molar-refractivity contribution in [2.24, 2.45) is 9.98 Å². The molecular formula is C24H38MnN6O4S2. The van der Waals surface area contributed by atoms with Crippen molar-refractivity contribution in [2.45, 2.75) is 52.9 Å². The van der Waals surface area contributed by atoms with Crippen molar-refractivity contribution in [1.29, 1.82) is 0 Å². The summed E-state index contributed by atoms with van der Waals surface area (Å²) in [7, 11) is 1.94. The molecule has 1 aromatic rings. The van der Waals surface area contributed by atoms with E-state index in [9.17, 15) is 19.8 Å². The molecule has 2 unspecified atom stereocenters. The Morgan fingerprint density at radius 2 is 1.32 bits per heavy atom. The fourth-order valence-corrected chi connectivity index (χ4v) is 4.09. The summed E-state index contributed by atoms with van der Waals surface area (Å²) in [5, 5.41) is 24.3. The molecule has 13 heteroatoms. The predicted molar refractivity (Wildman–Crippen MR) is 148 cm³/mol. The molecule has 1 radical (unpaired) electrons. The Morgan fingerprint density at radius 3 is 1.68 bits per heavy atom. The first kappa shape index (κ1) is 37.2. The quantitative estimate of drug-likeness (QED) is 0.238. The smallest absolute Gasteiger partial charge is 0.321 e. The molecule has 1 aliphatic rings. The molecule has 10 nitrogen and oxygen atoms in total. The van der Waals surface area contributed by atoms with E-state index in [0.717, 1.165) is 11.4 Å². The van der Waals surface area contributed by atoms with Gasteiger partial charge in [-0.1, -0.05) is 20.9 Å². The average Bonchev–Trinajstić information content (AvgIpc) is 2.79. The van der Waals surface area contributed by atoms with Gasteiger partial charge in [-0.25, -0.2) is 9.98 Å². The molecule has 2 N–H and O–H groups in total. The zero-order valence-corrected chi connectivity index (χ0v) is 22.4. The minimum absolute atomic E-state index is 0. The Bertz CT molecular complexity index is 874. The first-order valence-electron chi connectivity index (χ1n) is 11.0. The van der Waals surface area contributed by atoms with Crippen molar-refractivity contribution in [3.05, 3.63) is 29.6 Å². The Morgan fingerprint density at radius 1 is 0.919 bits per heavy atom. The number of aliphatic imine (C=N–C) groups is 2. The number of fused-ring (bicyclic) bond motifs is 2. The summed E-state index contributed by atoms with van der Waals surface area (Å²) in [6.45, 7) is 3.52. The molecule has 0 saturated heterocycles. The zero-order valence-electron chi connectivity index (χ0n) is 19.5. The molecule has 0 fully saturated rings. The Kier molecular flexibility index (Phi) is 20.2. The number of carboxylic acid groups (broad SMARTS) is 2. The molecule has 0 spiro atoms. The summed E-state index contributed by atoms with van der Waals surface area (Å²) >= 11 is 9.20. The van der Waals surface area contributed by atoms with Gasteiger partial charge in [0.15, 0.2) is 0 Å². The molecule has 2 rings (SSSR count). The minimum atomic E-state index is -0.917. The molecule has 2 atom stereocenters. The Labute approximate surface area is 241 Å². The largest absolute Gasteiger partial charge is 0.480 e. The van der Waals surface area contributed by atoms with Crippen molar-refractivity contribution in [2.75, 3.05) is 46.3 Å². The van der Waals surface area contributed by atoms with Crippen LogP contribution in [0.1, 0.15) is 39.1 Å². The van der Waals surface area contributed by atoms with Crippen molar-refractivity contribution in [1.82, 2.24) is 19.7 Å². The molecule has 1 aromatic heterocycles. The van der Waals surface area contributed by atoms with Crippen molar-refractivity contribution in [3.8, 4) is 0 Å². The summed E-state index contributed by atoms with van der Waals surface area (Å²) in [5.41, 5.74) is 1.45. The molecule has 2 heterocycles. The van der Waals surface area contributed by atoms with Crippen LogP contribution in [0.4, 0.5) is 0 Å². The normalized spacial score (nSPS) is 16.4. The van der Waals surface area contributed by atoms with Crippen LogP contribution < -0.4 is 0 Å². The second kappa shape index (κ2) is 20.1. The maximum atomic E-state index is 12.0.